The highest BCUT2D eigenvalue weighted by Crippen LogP contribution is 2.14. The summed E-state index contributed by atoms with van der Waals surface area (Å²) in [5, 5.41) is 0. The number of hydrogen-bond acceptors (Lipinski definition) is 0. The van der Waals surface area contributed by atoms with Crippen molar-refractivity contribution in [3.63, 3.8) is 0 Å². The second kappa shape index (κ2) is 4.43. The van der Waals surface area contributed by atoms with Crippen LogP contribution in [0, 0.1) is 7.05 Å². The molecule has 0 spiro atoms. The maximum Gasteiger partial charge on any atom is 0.0785 e. The van der Waals surface area contributed by atoms with Gasteiger partial charge in [0.25, 0.3) is 0 Å². The minimum absolute atomic E-state index is 0.624. The maximum atomic E-state index is 3.91. The first-order valence-corrected chi connectivity index (χ1v) is 4.83. The van der Waals surface area contributed by atoms with E-state index >= 15 is 0 Å². The largest absolute Gasteiger partial charge is 0.467 e. The standard InChI is InChI=1S/C12H19N/c1-10(2)12-7-5-11(6-8-12)9-13(3)4/h5-8,10,13H,3,9H2,1-2,4H3. The zero-order chi connectivity index (χ0) is 9.84. The maximum absolute atomic E-state index is 3.91. The highest BCUT2D eigenvalue weighted by atomic mass is 15.0. The molecule has 1 rings (SSSR count). The minimum atomic E-state index is 0.624. The van der Waals surface area contributed by atoms with Crippen molar-refractivity contribution >= 4 is 0 Å². The van der Waals surface area contributed by atoms with Crippen molar-refractivity contribution in [3.05, 3.63) is 42.4 Å². The van der Waals surface area contributed by atoms with Gasteiger partial charge in [-0.25, -0.2) is 0 Å². The van der Waals surface area contributed by atoms with Crippen molar-refractivity contribution in [1.29, 1.82) is 0 Å². The van der Waals surface area contributed by atoms with Crippen LogP contribution in [0.5, 0.6) is 0 Å². The van der Waals surface area contributed by atoms with Crippen molar-refractivity contribution in [2.75, 3.05) is 7.05 Å². The van der Waals surface area contributed by atoms with Crippen LogP contribution in [0.15, 0.2) is 24.3 Å². The van der Waals surface area contributed by atoms with Crippen LogP contribution >= 0.6 is 0 Å². The molecule has 0 aliphatic heterocycles. The number of nitrogens with one attached hydrogen (secondary N) is 1. The smallest absolute Gasteiger partial charge is 0.0785 e. The lowest BCUT2D eigenvalue weighted by Gasteiger charge is -2.14. The summed E-state index contributed by atoms with van der Waals surface area (Å²) in [6.07, 6.45) is 0. The van der Waals surface area contributed by atoms with Gasteiger partial charge in [0.1, 0.15) is 0 Å². The molecule has 1 aromatic rings. The van der Waals surface area contributed by atoms with Gasteiger partial charge in [0, 0.05) is 12.6 Å². The fourth-order valence-corrected chi connectivity index (χ4v) is 1.37. The molecule has 0 aromatic heterocycles. The third kappa shape index (κ3) is 3.19. The van der Waals surface area contributed by atoms with E-state index in [-0.39, 0.29) is 0 Å². The summed E-state index contributed by atoms with van der Waals surface area (Å²) in [6, 6.07) is 8.82. The van der Waals surface area contributed by atoms with E-state index in [1.54, 1.807) is 0 Å². The Balaban J connectivity index is 2.70. The summed E-state index contributed by atoms with van der Waals surface area (Å²) in [7, 11) is 5.97. The van der Waals surface area contributed by atoms with E-state index in [1.165, 1.54) is 16.0 Å². The second-order valence-corrected chi connectivity index (χ2v) is 4.03. The van der Waals surface area contributed by atoms with Crippen LogP contribution in [0.1, 0.15) is 30.9 Å². The summed E-state index contributed by atoms with van der Waals surface area (Å²) >= 11 is 0. The molecule has 0 saturated heterocycles. The molecule has 1 atom stereocenters. The molecule has 1 unspecified atom stereocenters. The zero-order valence-electron chi connectivity index (χ0n) is 8.80. The number of quaternary nitrogens is 1. The molecule has 72 valence electrons. The van der Waals surface area contributed by atoms with Crippen LogP contribution in [0.25, 0.3) is 0 Å². The van der Waals surface area contributed by atoms with Gasteiger partial charge in [-0.2, -0.15) is 7.05 Å². The van der Waals surface area contributed by atoms with Crippen molar-refractivity contribution < 1.29 is 4.90 Å². The Morgan fingerprint density at radius 1 is 1.23 bits per heavy atom. The van der Waals surface area contributed by atoms with E-state index in [1.807, 2.05) is 0 Å². The molecule has 1 N–H and O–H groups in total. The van der Waals surface area contributed by atoms with E-state index in [0.29, 0.717) is 5.92 Å². The minimum Gasteiger partial charge on any atom is -0.467 e. The molecular weight excluding hydrogens is 158 g/mol. The Kier molecular flexibility index (Phi) is 3.49. The molecule has 0 radical (unpaired) electrons. The molecular formula is C12H19N. The van der Waals surface area contributed by atoms with Gasteiger partial charge in [0.2, 0.25) is 0 Å². The highest BCUT2D eigenvalue weighted by Gasteiger charge is 1.99. The van der Waals surface area contributed by atoms with E-state index in [4.69, 9.17) is 0 Å². The summed E-state index contributed by atoms with van der Waals surface area (Å²) < 4.78 is 0. The van der Waals surface area contributed by atoms with Gasteiger partial charge in [0.15, 0.2) is 0 Å². The van der Waals surface area contributed by atoms with Gasteiger partial charge in [-0.3, -0.25) is 0 Å². The average molecular weight is 177 g/mol. The van der Waals surface area contributed by atoms with Gasteiger partial charge < -0.3 is 4.90 Å². The molecule has 13 heavy (non-hydrogen) atoms. The molecule has 0 amide bonds. The quantitative estimate of drug-likeness (QED) is 0.669. The molecule has 0 bridgehead atoms. The molecule has 0 fully saturated rings. The second-order valence-electron chi connectivity index (χ2n) is 4.03. The molecule has 1 nitrogen and oxygen atoms in total. The predicted octanol–water partition coefficient (Wildman–Crippen LogP) is 1.62. The van der Waals surface area contributed by atoms with Crippen LogP contribution in [-0.2, 0) is 6.54 Å². The van der Waals surface area contributed by atoms with Crippen molar-refractivity contribution in [2.45, 2.75) is 26.3 Å². The number of hydrogen-bond donors (Lipinski definition) is 1. The van der Waals surface area contributed by atoms with Crippen LogP contribution in [-0.4, -0.2) is 7.05 Å². The first-order valence-electron chi connectivity index (χ1n) is 4.83. The fourth-order valence-electron chi connectivity index (χ4n) is 1.37. The van der Waals surface area contributed by atoms with Crippen LogP contribution in [0.3, 0.4) is 0 Å². The monoisotopic (exact) mass is 177 g/mol. The van der Waals surface area contributed by atoms with E-state index in [2.05, 4.69) is 52.2 Å². The fraction of sp³-hybridized carbons (Fsp3) is 0.417. The Morgan fingerprint density at radius 2 is 1.77 bits per heavy atom. The van der Waals surface area contributed by atoms with Gasteiger partial charge in [-0.1, -0.05) is 38.1 Å². The van der Waals surface area contributed by atoms with E-state index in [0.717, 1.165) is 6.54 Å². The first kappa shape index (κ1) is 10.3. The van der Waals surface area contributed by atoms with Crippen LogP contribution < -0.4 is 4.90 Å². The van der Waals surface area contributed by atoms with E-state index < -0.39 is 0 Å². The summed E-state index contributed by atoms with van der Waals surface area (Å²) in [6.45, 7) is 5.43. The Morgan fingerprint density at radius 3 is 2.15 bits per heavy atom. The molecule has 1 aromatic carbocycles. The SMILES string of the molecule is [CH2-][NH+](C)Cc1ccc(C(C)C)cc1. The molecule has 0 saturated carbocycles. The normalized spacial score (nSPS) is 13.3. The number of rotatable bonds is 3. The van der Waals surface area contributed by atoms with Crippen molar-refractivity contribution in [2.24, 2.45) is 0 Å². The van der Waals surface area contributed by atoms with Gasteiger partial charge in [0.05, 0.1) is 6.54 Å². The van der Waals surface area contributed by atoms with Crippen molar-refractivity contribution in [1.82, 2.24) is 0 Å². The zero-order valence-corrected chi connectivity index (χ0v) is 8.80. The Labute approximate surface area is 81.4 Å². The molecule has 0 aliphatic rings. The molecule has 0 heterocycles. The topological polar surface area (TPSA) is 4.44 Å². The lowest BCUT2D eigenvalue weighted by molar-refractivity contribution is -0.846. The van der Waals surface area contributed by atoms with Crippen LogP contribution in [0.2, 0.25) is 0 Å². The molecule has 1 heteroatoms. The lowest BCUT2D eigenvalue weighted by Crippen LogP contribution is -3.01. The highest BCUT2D eigenvalue weighted by molar-refractivity contribution is 5.23. The van der Waals surface area contributed by atoms with Gasteiger partial charge in [-0.15, -0.1) is 0 Å². The van der Waals surface area contributed by atoms with Crippen molar-refractivity contribution in [3.8, 4) is 0 Å². The lowest BCUT2D eigenvalue weighted by atomic mass is 10.0. The number of benzene rings is 1. The first-order chi connectivity index (χ1) is 6.09. The Bertz CT molecular complexity index is 246. The predicted molar refractivity (Wildman–Crippen MR) is 56.5 cm³/mol. The van der Waals surface area contributed by atoms with Crippen LogP contribution in [0.4, 0.5) is 0 Å². The Hall–Kier alpha value is -0.820. The third-order valence-electron chi connectivity index (χ3n) is 2.15. The average Bonchev–Trinajstić information content (AvgIpc) is 2.04. The third-order valence-corrected chi connectivity index (χ3v) is 2.15. The van der Waals surface area contributed by atoms with E-state index in [9.17, 15) is 0 Å². The van der Waals surface area contributed by atoms with Gasteiger partial charge >= 0.3 is 0 Å². The summed E-state index contributed by atoms with van der Waals surface area (Å²) in [4.78, 5) is 1.22. The van der Waals surface area contributed by atoms with Gasteiger partial charge in [-0.05, 0) is 11.5 Å². The summed E-state index contributed by atoms with van der Waals surface area (Å²) in [5.41, 5.74) is 2.77. The summed E-state index contributed by atoms with van der Waals surface area (Å²) in [5.74, 6) is 0.624. The molecule has 0 aliphatic carbocycles.